The van der Waals surface area contributed by atoms with Gasteiger partial charge in [0.25, 0.3) is 0 Å². The molecule has 3 N–H and O–H groups in total. The molecule has 0 saturated carbocycles. The second kappa shape index (κ2) is 12.8. The van der Waals surface area contributed by atoms with Gasteiger partial charge >= 0.3 is 6.09 Å². The fourth-order valence-electron chi connectivity index (χ4n) is 4.74. The molecule has 1 atom stereocenters. The van der Waals surface area contributed by atoms with E-state index in [-0.39, 0.29) is 29.9 Å². The molecule has 0 fully saturated rings. The molecule has 0 unspecified atom stereocenters. The molecule has 1 aromatic heterocycles. The van der Waals surface area contributed by atoms with Crippen molar-refractivity contribution in [3.05, 3.63) is 107 Å². The number of nitrogens with one attached hydrogen (secondary N) is 3. The predicted molar refractivity (Wildman–Crippen MR) is 152 cm³/mol. The summed E-state index contributed by atoms with van der Waals surface area (Å²) in [7, 11) is 0. The molecule has 0 aliphatic carbocycles. The third-order valence-electron chi connectivity index (χ3n) is 6.62. The lowest BCUT2D eigenvalue weighted by Gasteiger charge is -2.23. The number of aromatic nitrogens is 1. The van der Waals surface area contributed by atoms with Gasteiger partial charge in [0.1, 0.15) is 23.3 Å². The highest BCUT2D eigenvalue weighted by Gasteiger charge is 2.25. The summed E-state index contributed by atoms with van der Waals surface area (Å²) < 4.78 is 32.5. The topological polar surface area (TPSA) is 83.2 Å². The first-order chi connectivity index (χ1) is 19.1. The van der Waals surface area contributed by atoms with Crippen LogP contribution in [0.5, 0.6) is 0 Å². The second-order valence-corrected chi connectivity index (χ2v) is 10.9. The standard InChI is InChI=1S/C32H35F2N3O3/c1-32(2,3)40-31(39)37-29(19-23-20-36-28-9-5-4-7-27(23)28)30(38)35-18-6-8-26(21-10-14-24(33)15-11-21)22-12-16-25(34)17-13-22/h4-5,7,9-17,20,26,29,36H,6,8,18-19H2,1-3H3,(H,35,38)(H,37,39)/t29-/m0/s1. The Labute approximate surface area is 233 Å². The number of halogens is 2. The van der Waals surface area contributed by atoms with Gasteiger partial charge in [0, 0.05) is 36.0 Å². The van der Waals surface area contributed by atoms with Crippen molar-refractivity contribution in [2.24, 2.45) is 0 Å². The fraction of sp³-hybridized carbons (Fsp3) is 0.312. The Morgan fingerprint density at radius 2 is 1.50 bits per heavy atom. The summed E-state index contributed by atoms with van der Waals surface area (Å²) in [6.45, 7) is 5.65. The smallest absolute Gasteiger partial charge is 0.408 e. The number of aromatic amines is 1. The number of para-hydroxylation sites is 1. The van der Waals surface area contributed by atoms with E-state index in [2.05, 4.69) is 15.6 Å². The Hall–Kier alpha value is -4.20. The van der Waals surface area contributed by atoms with Crippen LogP contribution in [-0.4, -0.2) is 35.2 Å². The maximum Gasteiger partial charge on any atom is 0.408 e. The highest BCUT2D eigenvalue weighted by molar-refractivity contribution is 5.88. The molecular weight excluding hydrogens is 512 g/mol. The molecule has 0 saturated heterocycles. The van der Waals surface area contributed by atoms with Crippen LogP contribution in [0.15, 0.2) is 79.0 Å². The lowest BCUT2D eigenvalue weighted by atomic mass is 9.87. The molecule has 2 amide bonds. The molecule has 8 heteroatoms. The Bertz CT molecular complexity index is 1380. The predicted octanol–water partition coefficient (Wildman–Crippen LogP) is 6.61. The highest BCUT2D eigenvalue weighted by Crippen LogP contribution is 2.29. The minimum Gasteiger partial charge on any atom is -0.444 e. The number of carbonyl (C=O) groups excluding carboxylic acids is 2. The maximum atomic E-state index is 13.5. The first kappa shape index (κ1) is 28.8. The SMILES string of the molecule is CC(C)(C)OC(=O)N[C@@H](Cc1c[nH]c2ccccc12)C(=O)NCCCC(c1ccc(F)cc1)c1ccc(F)cc1. The van der Waals surface area contributed by atoms with Gasteiger partial charge in [0.15, 0.2) is 0 Å². The summed E-state index contributed by atoms with van der Waals surface area (Å²) in [5.41, 5.74) is 2.95. The first-order valence-corrected chi connectivity index (χ1v) is 13.4. The molecule has 210 valence electrons. The summed E-state index contributed by atoms with van der Waals surface area (Å²) in [5, 5.41) is 6.66. The van der Waals surface area contributed by atoms with E-state index < -0.39 is 17.7 Å². The fourth-order valence-corrected chi connectivity index (χ4v) is 4.74. The zero-order chi connectivity index (χ0) is 28.7. The lowest BCUT2D eigenvalue weighted by molar-refractivity contribution is -0.123. The van der Waals surface area contributed by atoms with Crippen molar-refractivity contribution in [1.29, 1.82) is 0 Å². The van der Waals surface area contributed by atoms with E-state index in [0.717, 1.165) is 27.6 Å². The molecule has 4 rings (SSSR count). The van der Waals surface area contributed by atoms with Gasteiger partial charge in [-0.1, -0.05) is 42.5 Å². The van der Waals surface area contributed by atoms with Crippen molar-refractivity contribution in [2.45, 2.75) is 57.6 Å². The largest absolute Gasteiger partial charge is 0.444 e. The Morgan fingerprint density at radius 3 is 2.10 bits per heavy atom. The zero-order valence-electron chi connectivity index (χ0n) is 23.0. The highest BCUT2D eigenvalue weighted by atomic mass is 19.1. The van der Waals surface area contributed by atoms with Crippen molar-refractivity contribution in [1.82, 2.24) is 15.6 Å². The van der Waals surface area contributed by atoms with Crippen molar-refractivity contribution in [3.63, 3.8) is 0 Å². The van der Waals surface area contributed by atoms with Gasteiger partial charge in [-0.15, -0.1) is 0 Å². The Balaban J connectivity index is 1.43. The van der Waals surface area contributed by atoms with E-state index in [1.54, 1.807) is 45.0 Å². The number of fused-ring (bicyclic) bond motifs is 1. The first-order valence-electron chi connectivity index (χ1n) is 13.4. The molecule has 0 aliphatic rings. The molecular formula is C32H35F2N3O3. The van der Waals surface area contributed by atoms with Crippen molar-refractivity contribution in [3.8, 4) is 0 Å². The van der Waals surface area contributed by atoms with E-state index in [0.29, 0.717) is 19.4 Å². The number of H-pyrrole nitrogens is 1. The van der Waals surface area contributed by atoms with Gasteiger partial charge in [0.05, 0.1) is 0 Å². The van der Waals surface area contributed by atoms with Crippen LogP contribution in [-0.2, 0) is 16.0 Å². The van der Waals surface area contributed by atoms with Gasteiger partial charge in [-0.25, -0.2) is 13.6 Å². The number of amides is 2. The number of rotatable bonds is 10. The number of benzene rings is 3. The van der Waals surface area contributed by atoms with Gasteiger partial charge in [-0.2, -0.15) is 0 Å². The van der Waals surface area contributed by atoms with Crippen LogP contribution in [0, 0.1) is 11.6 Å². The number of hydrogen-bond acceptors (Lipinski definition) is 3. The van der Waals surface area contributed by atoms with Crippen LogP contribution in [0.3, 0.4) is 0 Å². The Kier molecular flexibility index (Phi) is 9.19. The molecule has 4 aromatic rings. The average Bonchev–Trinajstić information content (AvgIpc) is 3.31. The quantitative estimate of drug-likeness (QED) is 0.195. The second-order valence-electron chi connectivity index (χ2n) is 10.9. The zero-order valence-corrected chi connectivity index (χ0v) is 23.0. The van der Waals surface area contributed by atoms with Crippen LogP contribution in [0.2, 0.25) is 0 Å². The van der Waals surface area contributed by atoms with Gasteiger partial charge < -0.3 is 20.4 Å². The molecule has 0 spiro atoms. The number of carbonyl (C=O) groups is 2. The van der Waals surface area contributed by atoms with E-state index in [1.165, 1.54) is 24.3 Å². The van der Waals surface area contributed by atoms with Crippen molar-refractivity contribution >= 4 is 22.9 Å². The van der Waals surface area contributed by atoms with E-state index in [9.17, 15) is 18.4 Å². The monoisotopic (exact) mass is 547 g/mol. The van der Waals surface area contributed by atoms with Gasteiger partial charge in [-0.3, -0.25) is 4.79 Å². The van der Waals surface area contributed by atoms with E-state index in [4.69, 9.17) is 4.74 Å². The lowest BCUT2D eigenvalue weighted by Crippen LogP contribution is -2.49. The van der Waals surface area contributed by atoms with E-state index in [1.807, 2.05) is 30.5 Å². The molecule has 6 nitrogen and oxygen atoms in total. The summed E-state index contributed by atoms with van der Waals surface area (Å²) in [6.07, 6.45) is 2.71. The van der Waals surface area contributed by atoms with Gasteiger partial charge in [0.2, 0.25) is 5.91 Å². The van der Waals surface area contributed by atoms with Gasteiger partial charge in [-0.05, 0) is 80.6 Å². The van der Waals surface area contributed by atoms with Crippen molar-refractivity contribution in [2.75, 3.05) is 6.54 Å². The third-order valence-corrected chi connectivity index (χ3v) is 6.62. The number of alkyl carbamates (subject to hydrolysis) is 1. The summed E-state index contributed by atoms with van der Waals surface area (Å²) in [4.78, 5) is 29.1. The van der Waals surface area contributed by atoms with Crippen LogP contribution in [0.4, 0.5) is 13.6 Å². The molecule has 0 bridgehead atoms. The van der Waals surface area contributed by atoms with Crippen LogP contribution >= 0.6 is 0 Å². The molecule has 40 heavy (non-hydrogen) atoms. The summed E-state index contributed by atoms with van der Waals surface area (Å²) in [6, 6.07) is 19.5. The molecule has 0 radical (unpaired) electrons. The number of hydrogen-bond donors (Lipinski definition) is 3. The summed E-state index contributed by atoms with van der Waals surface area (Å²) in [5.74, 6) is -1.07. The molecule has 3 aromatic carbocycles. The molecule has 0 aliphatic heterocycles. The minimum absolute atomic E-state index is 0.0972. The molecule has 1 heterocycles. The summed E-state index contributed by atoms with van der Waals surface area (Å²) >= 11 is 0. The minimum atomic E-state index is -0.848. The van der Waals surface area contributed by atoms with Crippen LogP contribution < -0.4 is 10.6 Å². The number of ether oxygens (including phenoxy) is 1. The average molecular weight is 548 g/mol. The Morgan fingerprint density at radius 1 is 0.900 bits per heavy atom. The third kappa shape index (κ3) is 7.91. The van der Waals surface area contributed by atoms with Crippen LogP contribution in [0.1, 0.15) is 56.2 Å². The van der Waals surface area contributed by atoms with Crippen LogP contribution in [0.25, 0.3) is 10.9 Å². The van der Waals surface area contributed by atoms with E-state index >= 15 is 0 Å². The maximum absolute atomic E-state index is 13.5. The van der Waals surface area contributed by atoms with Crippen molar-refractivity contribution < 1.29 is 23.1 Å². The normalized spacial score (nSPS) is 12.3.